The molecule has 35 nitrogen and oxygen atoms in total. The van der Waals surface area contributed by atoms with Crippen molar-refractivity contribution in [1.29, 1.82) is 0 Å². The molecule has 0 aromatic heterocycles. The fourth-order valence-corrected chi connectivity index (χ4v) is 12.1. The molecular weight excluding hydrogens is 1500 g/mol. The largest absolute Gasteiger partial charge is 0.506 e. The number of amidine groups is 3. The number of carbonyl (C=O) groups excluding carboxylic acids is 4. The van der Waals surface area contributed by atoms with E-state index in [1.54, 1.807) is 130 Å². The van der Waals surface area contributed by atoms with Crippen LogP contribution in [0.4, 0.5) is 51.2 Å². The van der Waals surface area contributed by atoms with Gasteiger partial charge < -0.3 is 39.2 Å². The third-order valence-electron chi connectivity index (χ3n) is 14.8. The number of carbonyl (C=O) groups is 4. The number of anilines is 4. The number of hydrogen-bond donors (Lipinski definition) is 3. The minimum atomic E-state index is -4.12. The Balaban J connectivity index is 0.000000185. The SMILES string of the molecule is CC(C)C(=O)Nc1cc(N=Nc2ccc(S(C)(=O)=O)cc2S(C)(=O)=O)ccc1O.[C-]#[N+]C1=NN(c2ccccc2)C(=O)C1N=Nc1ccc(OC)cc1.[C-]#[N+]C1=NN(c2ccccc2)C(=O)C1N=Nc1ccc(OCCOC)c(S(N)(=O)=O)c1.[C-]#[N+]C1=NN(c2ccccc2)C(=O)C1N=Nc1ccc(S(C)(=O)=O)cc1. The molecule has 8 aromatic carbocycles. The lowest BCUT2D eigenvalue weighted by atomic mass is 10.2. The summed E-state index contributed by atoms with van der Waals surface area (Å²) in [6.07, 6.45) is 3.02. The third-order valence-corrected chi connectivity index (χ3v) is 19.1. The second-order valence-corrected chi connectivity index (χ2v) is 30.8. The number of sulfone groups is 3. The number of primary sulfonamides is 1. The number of azo groups is 4. The summed E-state index contributed by atoms with van der Waals surface area (Å²) >= 11 is 0. The van der Waals surface area contributed by atoms with Gasteiger partial charge in [-0.1, -0.05) is 88.2 Å². The van der Waals surface area contributed by atoms with E-state index in [1.165, 1.54) is 84.9 Å². The first-order valence-corrected chi connectivity index (χ1v) is 39.1. The summed E-state index contributed by atoms with van der Waals surface area (Å²) in [5.41, 5.74) is 2.99. The zero-order valence-corrected chi connectivity index (χ0v) is 62.3. The maximum Gasteiger partial charge on any atom is 0.307 e. The fourth-order valence-electron chi connectivity index (χ4n) is 9.21. The first kappa shape index (κ1) is 82.3. The van der Waals surface area contributed by atoms with Gasteiger partial charge in [0.25, 0.3) is 17.7 Å². The molecule has 3 aliphatic heterocycles. The minimum Gasteiger partial charge on any atom is -0.506 e. The van der Waals surface area contributed by atoms with E-state index >= 15 is 0 Å². The van der Waals surface area contributed by atoms with E-state index < -0.39 is 75.4 Å². The van der Waals surface area contributed by atoms with Crippen molar-refractivity contribution in [3.05, 3.63) is 228 Å². The molecule has 11 rings (SSSR count). The Morgan fingerprint density at radius 2 is 0.918 bits per heavy atom. The van der Waals surface area contributed by atoms with Crippen LogP contribution in [0.25, 0.3) is 14.5 Å². The number of amides is 4. The number of nitrogens with two attached hydrogens (primary N) is 1. The summed E-state index contributed by atoms with van der Waals surface area (Å²) in [6.45, 7) is 25.4. The summed E-state index contributed by atoms with van der Waals surface area (Å²) in [7, 11) is -11.7. The van der Waals surface area contributed by atoms with Crippen LogP contribution in [0.5, 0.6) is 17.2 Å². The molecule has 0 spiro atoms. The lowest BCUT2D eigenvalue weighted by molar-refractivity contribution is -0.119. The number of aromatic hydroxyl groups is 1. The average molecular weight is 1570 g/mol. The van der Waals surface area contributed by atoms with Gasteiger partial charge in [-0.2, -0.15) is 35.8 Å². The van der Waals surface area contributed by atoms with Crippen molar-refractivity contribution in [1.82, 2.24) is 0 Å². The molecule has 4 N–H and O–H groups in total. The Morgan fingerprint density at radius 1 is 0.509 bits per heavy atom. The molecule has 0 aliphatic carbocycles. The van der Waals surface area contributed by atoms with Crippen LogP contribution in [0.1, 0.15) is 13.8 Å². The van der Waals surface area contributed by atoms with Gasteiger partial charge in [0, 0.05) is 31.8 Å². The molecule has 0 saturated carbocycles. The van der Waals surface area contributed by atoms with E-state index in [0.717, 1.165) is 34.9 Å². The van der Waals surface area contributed by atoms with Gasteiger partial charge >= 0.3 is 17.5 Å². The molecule has 3 unspecified atom stereocenters. The maximum atomic E-state index is 12.7. The molecular formula is C71H65N19O16S4. The van der Waals surface area contributed by atoms with Gasteiger partial charge in [-0.15, -0.1) is 20.1 Å². The summed E-state index contributed by atoms with van der Waals surface area (Å²) in [6, 6.07) is 47.1. The van der Waals surface area contributed by atoms with Crippen molar-refractivity contribution in [2.75, 3.05) is 66.5 Å². The Labute approximate surface area is 631 Å². The van der Waals surface area contributed by atoms with E-state index in [1.807, 2.05) is 6.07 Å². The standard InChI is InChI=1S/C19H18N6O5S.C18H21N3O6S2.C17H13N5O3S.C17H13N5O2/c1-21-18-17(19(26)25(24-18)14-6-4-3-5-7-14)23-22-13-8-9-15(30-11-10-29-2)16(12-13)31(20,27)28;1-11(2)18(23)19-15-9-12(5-8-16(15)22)20-21-14-7-6-13(28(3,24)25)10-17(14)29(4,26)27;1-18-16-15(17(23)22(21-16)13-6-4-3-5-7-13)20-19-12-8-10-14(11-9-12)26(2,24)25;1-18-16-15(20-19-12-8-10-14(24-2)11-9-12)17(23)22(21-16)13-6-4-3-5-7-13/h3-9,12,17H,10-11H2,2H3,(H2,20,27,28);5-11,22H,1-4H3,(H,19,23);3-11,15H,2H3;3-11,15H,2H3. The number of sulfonamides is 1. The molecule has 0 bridgehead atoms. The van der Waals surface area contributed by atoms with Crippen LogP contribution < -0.4 is 35.0 Å². The van der Waals surface area contributed by atoms with Crippen LogP contribution in [-0.4, -0.2) is 144 Å². The summed E-state index contributed by atoms with van der Waals surface area (Å²) in [5, 5.41) is 64.8. The van der Waals surface area contributed by atoms with Gasteiger partial charge in [0.1, 0.15) is 34.4 Å². The van der Waals surface area contributed by atoms with E-state index in [4.69, 9.17) is 39.1 Å². The number of nitrogens with zero attached hydrogens (tertiary/aromatic N) is 17. The van der Waals surface area contributed by atoms with Crippen molar-refractivity contribution in [3.63, 3.8) is 0 Å². The van der Waals surface area contributed by atoms with Gasteiger partial charge in [-0.05, 0) is 155 Å². The highest BCUT2D eigenvalue weighted by molar-refractivity contribution is 7.91. The molecule has 39 heteroatoms. The van der Waals surface area contributed by atoms with Crippen LogP contribution in [0.15, 0.2) is 270 Å². The average Bonchev–Trinajstić information content (AvgIpc) is 1.19. The molecule has 8 aromatic rings. The normalized spacial score (nSPS) is 15.7. The highest BCUT2D eigenvalue weighted by atomic mass is 32.2. The highest BCUT2D eigenvalue weighted by Gasteiger charge is 2.43. The molecule has 3 aliphatic rings. The predicted octanol–water partition coefficient (Wildman–Crippen LogP) is 11.5. The van der Waals surface area contributed by atoms with E-state index in [2.05, 4.69) is 76.1 Å². The van der Waals surface area contributed by atoms with Crippen molar-refractivity contribution in [2.24, 2.45) is 67.3 Å². The number of para-hydroxylation sites is 3. The highest BCUT2D eigenvalue weighted by Crippen LogP contribution is 2.35. The van der Waals surface area contributed by atoms with Gasteiger partial charge in [0.15, 0.2) is 29.5 Å². The van der Waals surface area contributed by atoms with Crippen molar-refractivity contribution < 1.29 is 72.2 Å². The van der Waals surface area contributed by atoms with Gasteiger partial charge in [-0.25, -0.2) is 38.8 Å². The van der Waals surface area contributed by atoms with Crippen molar-refractivity contribution in [3.8, 4) is 17.2 Å². The first-order chi connectivity index (χ1) is 52.3. The zero-order valence-electron chi connectivity index (χ0n) is 59.1. The third kappa shape index (κ3) is 21.9. The number of nitrogens with one attached hydrogen (secondary N) is 1. The quantitative estimate of drug-likeness (QED) is 0.0245. The number of phenolic OH excluding ortho intramolecular Hbond substituents is 1. The number of benzene rings is 8. The molecule has 0 fully saturated rings. The topological polar surface area (TPSA) is 450 Å². The molecule has 0 saturated heterocycles. The van der Waals surface area contributed by atoms with E-state index in [-0.39, 0.29) is 96.4 Å². The van der Waals surface area contributed by atoms with Crippen molar-refractivity contribution >= 4 is 132 Å². The van der Waals surface area contributed by atoms with Crippen LogP contribution in [0.2, 0.25) is 0 Å². The van der Waals surface area contributed by atoms with Crippen LogP contribution >= 0.6 is 0 Å². The summed E-state index contributed by atoms with van der Waals surface area (Å²) in [5.74, 6) is -1.67. The number of rotatable bonds is 22. The maximum absolute atomic E-state index is 12.7. The van der Waals surface area contributed by atoms with Gasteiger partial charge in [0.2, 0.25) is 34.1 Å². The van der Waals surface area contributed by atoms with Crippen LogP contribution in [0, 0.1) is 25.6 Å². The zero-order chi connectivity index (χ0) is 80.1. The van der Waals surface area contributed by atoms with Gasteiger partial charge in [0.05, 0.1) is 73.9 Å². The number of phenols is 1. The monoisotopic (exact) mass is 1570 g/mol. The Bertz CT molecular complexity index is 5620. The number of hydrogen-bond acceptors (Lipinski definition) is 27. The molecule has 110 heavy (non-hydrogen) atoms. The second kappa shape index (κ2) is 36.8. The Morgan fingerprint density at radius 3 is 1.32 bits per heavy atom. The lowest BCUT2D eigenvalue weighted by Crippen LogP contribution is -2.29. The van der Waals surface area contributed by atoms with Crippen LogP contribution in [-0.2, 0) is 63.5 Å². The number of hydrazone groups is 3. The minimum absolute atomic E-state index is 0.00103. The van der Waals surface area contributed by atoms with E-state index in [0.29, 0.717) is 34.2 Å². The summed E-state index contributed by atoms with van der Waals surface area (Å²) < 4.78 is 110. The smallest absolute Gasteiger partial charge is 0.307 e. The molecule has 0 radical (unpaired) electrons. The van der Waals surface area contributed by atoms with Crippen molar-refractivity contribution in [2.45, 2.75) is 51.6 Å². The fraction of sp³-hybridized carbons (Fsp3) is 0.183. The van der Waals surface area contributed by atoms with Crippen LogP contribution in [0.3, 0.4) is 0 Å². The summed E-state index contributed by atoms with van der Waals surface area (Å²) in [4.78, 5) is 58.8. The first-order valence-electron chi connectivity index (χ1n) is 31.9. The molecule has 564 valence electrons. The molecule has 3 heterocycles. The predicted molar refractivity (Wildman–Crippen MR) is 405 cm³/mol. The molecule has 4 amide bonds. The van der Waals surface area contributed by atoms with E-state index in [9.17, 15) is 58.0 Å². The van der Waals surface area contributed by atoms with Gasteiger partial charge in [-0.3, -0.25) is 19.2 Å². The Kier molecular flexibility index (Phi) is 27.5. The Hall–Kier alpha value is -13.4. The number of ether oxygens (including phenoxy) is 3. The molecule has 3 atom stereocenters. The number of methoxy groups -OCH3 is 2. The lowest BCUT2D eigenvalue weighted by Gasteiger charge is -2.10. The second-order valence-electron chi connectivity index (χ2n) is 23.2.